The Morgan fingerprint density at radius 2 is 1.87 bits per heavy atom. The summed E-state index contributed by atoms with van der Waals surface area (Å²) in [7, 11) is 2.02. The molecule has 2 aromatic carbocycles. The molecule has 30 heavy (non-hydrogen) atoms. The van der Waals surface area contributed by atoms with Gasteiger partial charge in [0.2, 0.25) is 0 Å². The molecule has 1 atom stereocenters. The van der Waals surface area contributed by atoms with Crippen LogP contribution in [-0.4, -0.2) is 32.1 Å². The van der Waals surface area contributed by atoms with Crippen LogP contribution in [0.4, 0.5) is 0 Å². The molecule has 10 heteroatoms. The van der Waals surface area contributed by atoms with Gasteiger partial charge in [0, 0.05) is 33.6 Å². The fourth-order valence-corrected chi connectivity index (χ4v) is 5.29. The van der Waals surface area contributed by atoms with Crippen molar-refractivity contribution in [3.05, 3.63) is 75.0 Å². The van der Waals surface area contributed by atoms with E-state index in [9.17, 15) is 9.00 Å². The third-order valence-electron chi connectivity index (χ3n) is 4.29. The van der Waals surface area contributed by atoms with Crippen molar-refractivity contribution >= 4 is 51.7 Å². The van der Waals surface area contributed by atoms with Gasteiger partial charge in [0.15, 0.2) is 5.16 Å². The average molecular weight is 484 g/mol. The second-order valence-electron chi connectivity index (χ2n) is 6.40. The standard InChI is InChI=1S/C20H19Cl2N3O3S2/c1-25-18(12-30(27)11-15-7-8-16(21)9-17(15)22)23-24-20(25)29-10-13-3-5-14(6-4-13)19(26)28-2/h3-9H,10-12H2,1-2H3/t30-/m0/s1. The molecule has 158 valence electrons. The molecule has 1 heterocycles. The Balaban J connectivity index is 1.58. The SMILES string of the molecule is COC(=O)c1ccc(CSc2nnc(C[S@@](=O)Cc3ccc(Cl)cc3Cl)n2C)cc1. The van der Waals surface area contributed by atoms with Crippen LogP contribution >= 0.6 is 35.0 Å². The maximum Gasteiger partial charge on any atom is 0.337 e. The van der Waals surface area contributed by atoms with Crippen LogP contribution in [0.2, 0.25) is 10.0 Å². The smallest absolute Gasteiger partial charge is 0.337 e. The molecule has 6 nitrogen and oxygen atoms in total. The van der Waals surface area contributed by atoms with Gasteiger partial charge in [-0.3, -0.25) is 4.21 Å². The molecular weight excluding hydrogens is 465 g/mol. The number of hydrogen-bond donors (Lipinski definition) is 0. The van der Waals surface area contributed by atoms with Crippen molar-refractivity contribution < 1.29 is 13.7 Å². The van der Waals surface area contributed by atoms with E-state index in [1.54, 1.807) is 30.3 Å². The molecule has 1 aromatic heterocycles. The van der Waals surface area contributed by atoms with E-state index in [0.29, 0.717) is 32.9 Å². The van der Waals surface area contributed by atoms with Gasteiger partial charge >= 0.3 is 5.97 Å². The normalized spacial score (nSPS) is 12.0. The van der Waals surface area contributed by atoms with Crippen LogP contribution in [0.15, 0.2) is 47.6 Å². The monoisotopic (exact) mass is 483 g/mol. The molecule has 0 aliphatic carbocycles. The molecule has 0 spiro atoms. The van der Waals surface area contributed by atoms with Gasteiger partial charge in [0.25, 0.3) is 0 Å². The second-order valence-corrected chi connectivity index (χ2v) is 9.64. The lowest BCUT2D eigenvalue weighted by Crippen LogP contribution is -2.06. The van der Waals surface area contributed by atoms with Crippen molar-refractivity contribution in [1.82, 2.24) is 14.8 Å². The molecule has 0 saturated carbocycles. The molecular formula is C20H19Cl2N3O3S2. The Hall–Kier alpha value is -1.87. The van der Waals surface area contributed by atoms with Crippen molar-refractivity contribution in [3.8, 4) is 0 Å². The summed E-state index contributed by atoms with van der Waals surface area (Å²) in [5.41, 5.74) is 2.33. The van der Waals surface area contributed by atoms with E-state index in [0.717, 1.165) is 16.3 Å². The van der Waals surface area contributed by atoms with Gasteiger partial charge in [-0.2, -0.15) is 0 Å². The number of carbonyl (C=O) groups is 1. The van der Waals surface area contributed by atoms with E-state index in [1.807, 2.05) is 23.7 Å². The number of thioether (sulfide) groups is 1. The Morgan fingerprint density at radius 3 is 2.53 bits per heavy atom. The Labute approximate surface area is 191 Å². The number of rotatable bonds is 8. The largest absolute Gasteiger partial charge is 0.465 e. The third kappa shape index (κ3) is 5.85. The highest BCUT2D eigenvalue weighted by Gasteiger charge is 2.14. The van der Waals surface area contributed by atoms with Gasteiger partial charge in [-0.15, -0.1) is 10.2 Å². The number of carbonyl (C=O) groups excluding carboxylic acids is 1. The van der Waals surface area contributed by atoms with Gasteiger partial charge in [0.05, 0.1) is 24.2 Å². The molecule has 0 aliphatic heterocycles. The second kappa shape index (κ2) is 10.4. The highest BCUT2D eigenvalue weighted by Crippen LogP contribution is 2.24. The Bertz CT molecular complexity index is 1070. The van der Waals surface area contributed by atoms with Gasteiger partial charge in [-0.05, 0) is 35.4 Å². The van der Waals surface area contributed by atoms with E-state index in [1.165, 1.54) is 18.9 Å². The van der Waals surface area contributed by atoms with E-state index >= 15 is 0 Å². The van der Waals surface area contributed by atoms with Crippen LogP contribution < -0.4 is 0 Å². The lowest BCUT2D eigenvalue weighted by Gasteiger charge is -2.06. The number of hydrogen-bond acceptors (Lipinski definition) is 6. The number of esters is 1. The zero-order valence-corrected chi connectivity index (χ0v) is 19.4. The molecule has 0 fully saturated rings. The predicted octanol–water partition coefficient (Wildman–Crippen LogP) is 4.65. The third-order valence-corrected chi connectivity index (χ3v) is 7.18. The highest BCUT2D eigenvalue weighted by atomic mass is 35.5. The average Bonchev–Trinajstić information content (AvgIpc) is 3.07. The van der Waals surface area contributed by atoms with Crippen LogP contribution in [0.1, 0.15) is 27.3 Å². The minimum Gasteiger partial charge on any atom is -0.465 e. The minimum absolute atomic E-state index is 0.275. The number of ether oxygens (including phenoxy) is 1. The number of nitrogens with zero attached hydrogens (tertiary/aromatic N) is 3. The maximum absolute atomic E-state index is 12.6. The summed E-state index contributed by atoms with van der Waals surface area (Å²) < 4.78 is 19.1. The first-order chi connectivity index (χ1) is 14.4. The summed E-state index contributed by atoms with van der Waals surface area (Å²) in [4.78, 5) is 11.5. The van der Waals surface area contributed by atoms with Gasteiger partial charge in [-0.25, -0.2) is 4.79 Å². The summed E-state index contributed by atoms with van der Waals surface area (Å²) in [6.45, 7) is 0. The molecule has 3 rings (SSSR count). The summed E-state index contributed by atoms with van der Waals surface area (Å²) in [5, 5.41) is 10.2. The Morgan fingerprint density at radius 1 is 1.13 bits per heavy atom. The first-order valence-corrected chi connectivity index (χ1v) is 12.1. The lowest BCUT2D eigenvalue weighted by molar-refractivity contribution is 0.0600. The van der Waals surface area contributed by atoms with Crippen molar-refractivity contribution in [2.75, 3.05) is 7.11 Å². The first-order valence-electron chi connectivity index (χ1n) is 8.84. The van der Waals surface area contributed by atoms with Gasteiger partial charge in [-0.1, -0.05) is 53.2 Å². The van der Waals surface area contributed by atoms with Crippen molar-refractivity contribution in [1.29, 1.82) is 0 Å². The Kier molecular flexibility index (Phi) is 7.93. The van der Waals surface area contributed by atoms with E-state index < -0.39 is 10.8 Å². The number of aromatic nitrogens is 3. The summed E-state index contributed by atoms with van der Waals surface area (Å²) >= 11 is 13.6. The zero-order chi connectivity index (χ0) is 21.7. The number of halogens is 2. The van der Waals surface area contributed by atoms with Crippen molar-refractivity contribution in [2.45, 2.75) is 22.4 Å². The fourth-order valence-electron chi connectivity index (χ4n) is 2.61. The van der Waals surface area contributed by atoms with Crippen LogP contribution in [0.5, 0.6) is 0 Å². The highest BCUT2D eigenvalue weighted by molar-refractivity contribution is 7.98. The fraction of sp³-hybridized carbons (Fsp3) is 0.250. The predicted molar refractivity (Wildman–Crippen MR) is 120 cm³/mol. The molecule has 3 aromatic rings. The number of benzene rings is 2. The van der Waals surface area contributed by atoms with Crippen LogP contribution in [-0.2, 0) is 39.8 Å². The molecule has 0 saturated heterocycles. The lowest BCUT2D eigenvalue weighted by atomic mass is 10.1. The molecule has 0 N–H and O–H groups in total. The molecule has 0 amide bonds. The minimum atomic E-state index is -1.19. The summed E-state index contributed by atoms with van der Waals surface area (Å²) in [6.07, 6.45) is 0. The molecule has 0 unspecified atom stereocenters. The van der Waals surface area contributed by atoms with E-state index in [4.69, 9.17) is 27.9 Å². The number of methoxy groups -OCH3 is 1. The van der Waals surface area contributed by atoms with E-state index in [-0.39, 0.29) is 11.7 Å². The van der Waals surface area contributed by atoms with Crippen molar-refractivity contribution in [2.24, 2.45) is 7.05 Å². The van der Waals surface area contributed by atoms with Crippen LogP contribution in [0.3, 0.4) is 0 Å². The summed E-state index contributed by atoms with van der Waals surface area (Å²) in [5.74, 6) is 1.54. The van der Waals surface area contributed by atoms with E-state index in [2.05, 4.69) is 10.2 Å². The maximum atomic E-state index is 12.6. The zero-order valence-electron chi connectivity index (χ0n) is 16.3. The van der Waals surface area contributed by atoms with Gasteiger partial charge < -0.3 is 9.30 Å². The molecule has 0 aliphatic rings. The van der Waals surface area contributed by atoms with Crippen LogP contribution in [0.25, 0.3) is 0 Å². The summed E-state index contributed by atoms with van der Waals surface area (Å²) in [6, 6.07) is 12.4. The van der Waals surface area contributed by atoms with Crippen molar-refractivity contribution in [3.63, 3.8) is 0 Å². The quantitative estimate of drug-likeness (QED) is 0.342. The van der Waals surface area contributed by atoms with Crippen LogP contribution in [0, 0.1) is 0 Å². The van der Waals surface area contributed by atoms with Gasteiger partial charge in [0.1, 0.15) is 5.82 Å². The topological polar surface area (TPSA) is 74.1 Å². The molecule has 0 bridgehead atoms. The molecule has 0 radical (unpaired) electrons. The first kappa shape index (κ1) is 22.8.